The Balaban J connectivity index is 2.09. The third kappa shape index (κ3) is 3.58. The molecule has 0 radical (unpaired) electrons. The van der Waals surface area contributed by atoms with Crippen LogP contribution in [-0.4, -0.2) is 53.9 Å². The molecule has 0 aliphatic carbocycles. The molecule has 110 valence electrons. The quantitative estimate of drug-likeness (QED) is 0.856. The number of carbonyl (C=O) groups excluding carboxylic acids is 1. The van der Waals surface area contributed by atoms with Crippen LogP contribution in [0, 0.1) is 0 Å². The highest BCUT2D eigenvalue weighted by Gasteiger charge is 2.22. The van der Waals surface area contributed by atoms with Crippen molar-refractivity contribution in [3.8, 4) is 5.75 Å². The van der Waals surface area contributed by atoms with Crippen LogP contribution in [-0.2, 0) is 6.54 Å². The van der Waals surface area contributed by atoms with E-state index >= 15 is 0 Å². The molecule has 1 atom stereocenters. The van der Waals surface area contributed by atoms with Crippen molar-refractivity contribution in [2.45, 2.75) is 32.4 Å². The lowest BCUT2D eigenvalue weighted by molar-refractivity contribution is 0.101. The van der Waals surface area contributed by atoms with Gasteiger partial charge in [0.25, 0.3) is 0 Å². The Hall–Kier alpha value is -1.39. The molecule has 4 heteroatoms. The topological polar surface area (TPSA) is 43.8 Å². The summed E-state index contributed by atoms with van der Waals surface area (Å²) < 4.78 is 0. The molecule has 1 aliphatic heterocycles. The molecule has 1 saturated heterocycles. The highest BCUT2D eigenvalue weighted by atomic mass is 16.3. The van der Waals surface area contributed by atoms with Gasteiger partial charge in [-0.2, -0.15) is 0 Å². The molecular formula is C16H24N2O2. The average Bonchev–Trinajstić information content (AvgIpc) is 2.41. The lowest BCUT2D eigenvalue weighted by Gasteiger charge is -2.36. The molecule has 0 bridgehead atoms. The van der Waals surface area contributed by atoms with Gasteiger partial charge in [-0.05, 0) is 58.6 Å². The average molecular weight is 276 g/mol. The molecule has 1 N–H and O–H groups in total. The molecule has 1 aromatic rings. The van der Waals surface area contributed by atoms with Crippen LogP contribution in [0.25, 0.3) is 0 Å². The number of phenolic OH excluding ortho intramolecular Hbond substituents is 1. The van der Waals surface area contributed by atoms with Gasteiger partial charge in [-0.15, -0.1) is 0 Å². The van der Waals surface area contributed by atoms with E-state index in [0.717, 1.165) is 18.7 Å². The van der Waals surface area contributed by atoms with Crippen molar-refractivity contribution >= 4 is 5.78 Å². The second-order valence-electron chi connectivity index (χ2n) is 5.89. The van der Waals surface area contributed by atoms with Crippen molar-refractivity contribution in [2.24, 2.45) is 0 Å². The minimum absolute atomic E-state index is 0.0380. The fraction of sp³-hybridized carbons (Fsp3) is 0.562. The third-order valence-electron chi connectivity index (χ3n) is 4.09. The van der Waals surface area contributed by atoms with Crippen molar-refractivity contribution in [1.82, 2.24) is 9.80 Å². The number of aromatic hydroxyl groups is 1. The van der Waals surface area contributed by atoms with Gasteiger partial charge in [0.15, 0.2) is 5.78 Å². The van der Waals surface area contributed by atoms with E-state index in [4.69, 9.17) is 0 Å². The second kappa shape index (κ2) is 6.37. The smallest absolute Gasteiger partial charge is 0.159 e. The lowest BCUT2D eigenvalue weighted by atomic mass is 10.0. The number of likely N-dealkylation sites (N-methyl/N-ethyl adjacent to an activating group) is 1. The predicted octanol–water partition coefficient (Wildman–Crippen LogP) is 2.12. The number of nitrogens with zero attached hydrogens (tertiary/aromatic N) is 2. The number of hydrogen-bond donors (Lipinski definition) is 1. The molecule has 0 saturated carbocycles. The van der Waals surface area contributed by atoms with Crippen LogP contribution in [0.2, 0.25) is 0 Å². The number of hydrogen-bond acceptors (Lipinski definition) is 4. The summed E-state index contributed by atoms with van der Waals surface area (Å²) in [6.07, 6.45) is 2.40. The Kier molecular flexibility index (Phi) is 4.78. The highest BCUT2D eigenvalue weighted by molar-refractivity contribution is 5.94. The summed E-state index contributed by atoms with van der Waals surface area (Å²) in [5.41, 5.74) is 1.51. The monoisotopic (exact) mass is 276 g/mol. The number of ketones is 1. The standard InChI is InChI=1S/C16H24N2O2/c1-12(19)13-6-7-16(20)14(9-13)10-18-8-4-5-15(11-18)17(2)3/h6-7,9,15,20H,4-5,8,10-11H2,1-3H3. The Morgan fingerprint density at radius 2 is 2.20 bits per heavy atom. The molecule has 2 rings (SSSR count). The van der Waals surface area contributed by atoms with E-state index in [2.05, 4.69) is 23.9 Å². The summed E-state index contributed by atoms with van der Waals surface area (Å²) in [6.45, 7) is 4.32. The van der Waals surface area contributed by atoms with Crippen molar-refractivity contribution < 1.29 is 9.90 Å². The minimum atomic E-state index is 0.0380. The third-order valence-corrected chi connectivity index (χ3v) is 4.09. The number of Topliss-reactive ketones (excluding diaryl/α,β-unsaturated/α-hetero) is 1. The molecule has 1 fully saturated rings. The van der Waals surface area contributed by atoms with Crippen LogP contribution >= 0.6 is 0 Å². The number of phenols is 1. The fourth-order valence-electron chi connectivity index (χ4n) is 2.77. The zero-order chi connectivity index (χ0) is 14.7. The molecule has 20 heavy (non-hydrogen) atoms. The normalized spacial score (nSPS) is 20.3. The van der Waals surface area contributed by atoms with E-state index < -0.39 is 0 Å². The number of benzene rings is 1. The Morgan fingerprint density at radius 1 is 1.45 bits per heavy atom. The number of piperidine rings is 1. The van der Waals surface area contributed by atoms with E-state index in [0.29, 0.717) is 18.2 Å². The van der Waals surface area contributed by atoms with Crippen LogP contribution in [0.4, 0.5) is 0 Å². The number of likely N-dealkylation sites (tertiary alicyclic amines) is 1. The first kappa shape index (κ1) is 15.0. The van der Waals surface area contributed by atoms with Gasteiger partial charge in [0, 0.05) is 30.3 Å². The summed E-state index contributed by atoms with van der Waals surface area (Å²) in [4.78, 5) is 16.1. The zero-order valence-electron chi connectivity index (χ0n) is 12.6. The molecular weight excluding hydrogens is 252 g/mol. The van der Waals surface area contributed by atoms with E-state index in [1.165, 1.54) is 12.8 Å². The first-order valence-electron chi connectivity index (χ1n) is 7.19. The maximum atomic E-state index is 11.4. The van der Waals surface area contributed by atoms with Crippen molar-refractivity contribution in [2.75, 3.05) is 27.2 Å². The first-order valence-corrected chi connectivity index (χ1v) is 7.19. The Bertz CT molecular complexity index is 485. The van der Waals surface area contributed by atoms with Gasteiger partial charge in [-0.25, -0.2) is 0 Å². The molecule has 0 amide bonds. The summed E-state index contributed by atoms with van der Waals surface area (Å²) in [5.74, 6) is 0.318. The lowest BCUT2D eigenvalue weighted by Crippen LogP contribution is -2.44. The first-order chi connectivity index (χ1) is 9.47. The van der Waals surface area contributed by atoms with Crippen LogP contribution in [0.3, 0.4) is 0 Å². The highest BCUT2D eigenvalue weighted by Crippen LogP contribution is 2.23. The van der Waals surface area contributed by atoms with Crippen LogP contribution in [0.5, 0.6) is 5.75 Å². The number of rotatable bonds is 4. The van der Waals surface area contributed by atoms with Crippen LogP contribution in [0.15, 0.2) is 18.2 Å². The summed E-state index contributed by atoms with van der Waals surface area (Å²) >= 11 is 0. The molecule has 1 heterocycles. The molecule has 4 nitrogen and oxygen atoms in total. The SMILES string of the molecule is CC(=O)c1ccc(O)c(CN2CCCC(N(C)C)C2)c1. The Morgan fingerprint density at radius 3 is 2.85 bits per heavy atom. The van der Waals surface area contributed by atoms with Crippen LogP contribution in [0.1, 0.15) is 35.7 Å². The van der Waals surface area contributed by atoms with Crippen LogP contribution < -0.4 is 0 Å². The molecule has 1 aromatic carbocycles. The van der Waals surface area contributed by atoms with Gasteiger partial charge >= 0.3 is 0 Å². The van der Waals surface area contributed by atoms with E-state index in [9.17, 15) is 9.90 Å². The summed E-state index contributed by atoms with van der Waals surface area (Å²) in [6, 6.07) is 5.69. The zero-order valence-corrected chi connectivity index (χ0v) is 12.6. The summed E-state index contributed by atoms with van der Waals surface area (Å²) in [7, 11) is 4.23. The maximum Gasteiger partial charge on any atom is 0.159 e. The van der Waals surface area contributed by atoms with E-state index in [1.807, 2.05) is 6.07 Å². The summed E-state index contributed by atoms with van der Waals surface area (Å²) in [5, 5.41) is 9.97. The van der Waals surface area contributed by atoms with Crippen molar-refractivity contribution in [3.63, 3.8) is 0 Å². The number of carbonyl (C=O) groups is 1. The van der Waals surface area contributed by atoms with Gasteiger partial charge in [0.2, 0.25) is 0 Å². The van der Waals surface area contributed by atoms with Gasteiger partial charge < -0.3 is 10.0 Å². The van der Waals surface area contributed by atoms with E-state index in [-0.39, 0.29) is 11.5 Å². The van der Waals surface area contributed by atoms with E-state index in [1.54, 1.807) is 19.1 Å². The van der Waals surface area contributed by atoms with Gasteiger partial charge in [-0.3, -0.25) is 9.69 Å². The van der Waals surface area contributed by atoms with Crippen molar-refractivity contribution in [1.29, 1.82) is 0 Å². The molecule has 1 aliphatic rings. The molecule has 0 aromatic heterocycles. The molecule has 1 unspecified atom stereocenters. The van der Waals surface area contributed by atoms with Gasteiger partial charge in [-0.1, -0.05) is 0 Å². The second-order valence-corrected chi connectivity index (χ2v) is 5.89. The fourth-order valence-corrected chi connectivity index (χ4v) is 2.77. The largest absolute Gasteiger partial charge is 0.508 e. The predicted molar refractivity (Wildman–Crippen MR) is 80.1 cm³/mol. The minimum Gasteiger partial charge on any atom is -0.508 e. The van der Waals surface area contributed by atoms with Gasteiger partial charge in [0.1, 0.15) is 5.75 Å². The van der Waals surface area contributed by atoms with Gasteiger partial charge in [0.05, 0.1) is 0 Å². The molecule has 0 spiro atoms. The Labute approximate surface area is 121 Å². The maximum absolute atomic E-state index is 11.4. The van der Waals surface area contributed by atoms with Crippen molar-refractivity contribution in [3.05, 3.63) is 29.3 Å².